The van der Waals surface area contributed by atoms with Crippen LogP contribution in [0.25, 0.3) is 0 Å². The smallest absolute Gasteiger partial charge is 0.255 e. The third-order valence-corrected chi connectivity index (χ3v) is 5.96. The van der Waals surface area contributed by atoms with Crippen LogP contribution in [0.4, 0.5) is 17.1 Å². The first-order valence-electron chi connectivity index (χ1n) is 11.0. The van der Waals surface area contributed by atoms with Crippen LogP contribution in [0.3, 0.4) is 0 Å². The van der Waals surface area contributed by atoms with Crippen molar-refractivity contribution in [3.8, 4) is 11.5 Å². The number of nitrogens with one attached hydrogen (secondary N) is 3. The predicted molar refractivity (Wildman–Crippen MR) is 129 cm³/mol. The van der Waals surface area contributed by atoms with E-state index in [1.807, 2.05) is 12.1 Å². The van der Waals surface area contributed by atoms with E-state index in [2.05, 4.69) is 16.0 Å². The Kier molecular flexibility index (Phi) is 6.63. The number of hydrogen-bond acceptors (Lipinski definition) is 7. The van der Waals surface area contributed by atoms with Crippen molar-refractivity contribution in [1.29, 1.82) is 0 Å². The first kappa shape index (κ1) is 22.4. The summed E-state index contributed by atoms with van der Waals surface area (Å²) in [6.45, 7) is 0.373. The highest BCUT2D eigenvalue weighted by atomic mass is 16.5. The van der Waals surface area contributed by atoms with Crippen LogP contribution in [0.2, 0.25) is 0 Å². The maximum absolute atomic E-state index is 12.6. The Balaban J connectivity index is 1.37. The van der Waals surface area contributed by atoms with Gasteiger partial charge < -0.3 is 25.4 Å². The molecule has 1 amide bonds. The van der Waals surface area contributed by atoms with E-state index in [0.717, 1.165) is 31.2 Å². The number of anilines is 3. The maximum atomic E-state index is 12.6. The molecule has 8 heteroatoms. The molecule has 3 aromatic rings. The lowest BCUT2D eigenvalue weighted by atomic mass is 10.1. The molecule has 4 rings (SSSR count). The van der Waals surface area contributed by atoms with Crippen LogP contribution < -0.4 is 36.3 Å². The monoisotopic (exact) mass is 449 g/mol. The minimum atomic E-state index is -0.486. The number of carbonyl (C=O) groups excluding carboxylic acids is 1. The van der Waals surface area contributed by atoms with Gasteiger partial charge in [0.15, 0.2) is 0 Å². The molecule has 0 heterocycles. The Morgan fingerprint density at radius 2 is 1.64 bits per heavy atom. The highest BCUT2D eigenvalue weighted by Crippen LogP contribution is 2.29. The van der Waals surface area contributed by atoms with Crippen molar-refractivity contribution in [2.45, 2.75) is 38.3 Å². The van der Waals surface area contributed by atoms with Gasteiger partial charge in [-0.05, 0) is 42.7 Å². The molecule has 0 unspecified atom stereocenters. The number of amides is 1. The standard InChI is InChI=1S/C25H27N3O5/c1-32-18-11-12-19(20(13-18)33-2)28-25(31)16-9-7-15(8-10-16)14-26-21-22(24(30)23(21)29)27-17-5-3-4-6-17/h7-13,17,26-27H,3-6,14H2,1-2H3,(H,28,31). The molecule has 1 saturated carbocycles. The number of ether oxygens (including phenoxy) is 2. The average Bonchev–Trinajstić information content (AvgIpc) is 3.37. The van der Waals surface area contributed by atoms with Gasteiger partial charge in [0.1, 0.15) is 22.9 Å². The molecule has 8 nitrogen and oxygen atoms in total. The van der Waals surface area contributed by atoms with Crippen molar-refractivity contribution < 1.29 is 14.3 Å². The SMILES string of the molecule is COc1ccc(NC(=O)c2ccc(CNc3c(NC4CCCC4)c(=O)c3=O)cc2)c(OC)c1. The molecule has 0 saturated heterocycles. The van der Waals surface area contributed by atoms with Gasteiger partial charge >= 0.3 is 0 Å². The van der Waals surface area contributed by atoms with Crippen LogP contribution in [0, 0.1) is 0 Å². The van der Waals surface area contributed by atoms with E-state index in [1.54, 1.807) is 37.4 Å². The second kappa shape index (κ2) is 9.77. The molecule has 1 fully saturated rings. The van der Waals surface area contributed by atoms with Gasteiger partial charge in [-0.1, -0.05) is 25.0 Å². The van der Waals surface area contributed by atoms with Crippen LogP contribution in [0.1, 0.15) is 41.6 Å². The molecule has 33 heavy (non-hydrogen) atoms. The van der Waals surface area contributed by atoms with E-state index in [9.17, 15) is 14.4 Å². The fourth-order valence-electron chi connectivity index (χ4n) is 4.03. The Hall–Kier alpha value is -3.81. The van der Waals surface area contributed by atoms with Crippen LogP contribution in [0.15, 0.2) is 52.1 Å². The van der Waals surface area contributed by atoms with Gasteiger partial charge in [-0.2, -0.15) is 0 Å². The number of methoxy groups -OCH3 is 2. The van der Waals surface area contributed by atoms with Crippen LogP contribution in [0.5, 0.6) is 11.5 Å². The van der Waals surface area contributed by atoms with Crippen LogP contribution in [-0.4, -0.2) is 26.2 Å². The Morgan fingerprint density at radius 3 is 2.30 bits per heavy atom. The molecular formula is C25H27N3O5. The fourth-order valence-corrected chi connectivity index (χ4v) is 4.03. The summed E-state index contributed by atoms with van der Waals surface area (Å²) in [5.74, 6) is 0.854. The van der Waals surface area contributed by atoms with Gasteiger partial charge in [0.25, 0.3) is 16.8 Å². The molecule has 0 bridgehead atoms. The zero-order valence-corrected chi connectivity index (χ0v) is 18.7. The molecule has 1 aliphatic rings. The highest BCUT2D eigenvalue weighted by molar-refractivity contribution is 6.05. The normalized spacial score (nSPS) is 13.6. The van der Waals surface area contributed by atoms with Gasteiger partial charge in [0, 0.05) is 24.2 Å². The zero-order valence-electron chi connectivity index (χ0n) is 18.7. The van der Waals surface area contributed by atoms with Gasteiger partial charge in [-0.25, -0.2) is 0 Å². The lowest BCUT2D eigenvalue weighted by Gasteiger charge is -2.18. The van der Waals surface area contributed by atoms with Crippen molar-refractivity contribution in [1.82, 2.24) is 0 Å². The lowest BCUT2D eigenvalue weighted by molar-refractivity contribution is 0.102. The summed E-state index contributed by atoms with van der Waals surface area (Å²) in [4.78, 5) is 36.6. The molecule has 3 N–H and O–H groups in total. The van der Waals surface area contributed by atoms with E-state index in [4.69, 9.17) is 9.47 Å². The molecule has 0 aliphatic heterocycles. The lowest BCUT2D eigenvalue weighted by Crippen LogP contribution is -2.39. The van der Waals surface area contributed by atoms with Crippen molar-refractivity contribution in [3.63, 3.8) is 0 Å². The molecule has 3 aromatic carbocycles. The van der Waals surface area contributed by atoms with Gasteiger partial charge in [0.2, 0.25) is 0 Å². The van der Waals surface area contributed by atoms with Crippen LogP contribution in [-0.2, 0) is 6.54 Å². The quantitative estimate of drug-likeness (QED) is 0.429. The van der Waals surface area contributed by atoms with Gasteiger partial charge in [0.05, 0.1) is 19.9 Å². The number of rotatable bonds is 9. The first-order valence-corrected chi connectivity index (χ1v) is 11.0. The predicted octanol–water partition coefficient (Wildman–Crippen LogP) is 3.52. The fraction of sp³-hybridized carbons (Fsp3) is 0.320. The minimum Gasteiger partial charge on any atom is -0.497 e. The number of benzene rings is 2. The average molecular weight is 450 g/mol. The van der Waals surface area contributed by atoms with Crippen molar-refractivity contribution in [2.24, 2.45) is 0 Å². The molecule has 0 spiro atoms. The molecule has 0 radical (unpaired) electrons. The largest absolute Gasteiger partial charge is 0.497 e. The van der Waals surface area contributed by atoms with Crippen molar-refractivity contribution in [3.05, 3.63) is 74.0 Å². The van der Waals surface area contributed by atoms with Gasteiger partial charge in [-0.3, -0.25) is 14.4 Å². The summed E-state index contributed by atoms with van der Waals surface area (Å²) in [5, 5.41) is 9.13. The summed E-state index contributed by atoms with van der Waals surface area (Å²) in [5.41, 5.74) is 1.71. The van der Waals surface area contributed by atoms with E-state index in [1.165, 1.54) is 7.11 Å². The number of carbonyl (C=O) groups is 1. The third kappa shape index (κ3) is 4.84. The van der Waals surface area contributed by atoms with Crippen molar-refractivity contribution in [2.75, 3.05) is 30.2 Å². The van der Waals surface area contributed by atoms with Crippen LogP contribution >= 0.6 is 0 Å². The number of hydrogen-bond donors (Lipinski definition) is 3. The molecule has 172 valence electrons. The Morgan fingerprint density at radius 1 is 0.939 bits per heavy atom. The minimum absolute atomic E-state index is 0.260. The Bertz CT molecular complexity index is 1210. The summed E-state index contributed by atoms with van der Waals surface area (Å²) in [6.07, 6.45) is 4.32. The first-order chi connectivity index (χ1) is 16.0. The van der Waals surface area contributed by atoms with E-state index >= 15 is 0 Å². The van der Waals surface area contributed by atoms with E-state index < -0.39 is 10.9 Å². The maximum Gasteiger partial charge on any atom is 0.255 e. The second-order valence-corrected chi connectivity index (χ2v) is 8.10. The second-order valence-electron chi connectivity index (χ2n) is 8.10. The van der Waals surface area contributed by atoms with E-state index in [0.29, 0.717) is 40.7 Å². The van der Waals surface area contributed by atoms with E-state index in [-0.39, 0.29) is 11.9 Å². The van der Waals surface area contributed by atoms with Crippen molar-refractivity contribution >= 4 is 23.0 Å². The Labute approximate surface area is 191 Å². The highest BCUT2D eigenvalue weighted by Gasteiger charge is 2.24. The molecule has 1 aliphatic carbocycles. The zero-order chi connectivity index (χ0) is 23.4. The molecule has 0 atom stereocenters. The summed E-state index contributed by atoms with van der Waals surface area (Å²) >= 11 is 0. The molecular weight excluding hydrogens is 422 g/mol. The third-order valence-electron chi connectivity index (χ3n) is 5.96. The summed E-state index contributed by atoms with van der Waals surface area (Å²) < 4.78 is 10.5. The summed E-state index contributed by atoms with van der Waals surface area (Å²) in [7, 11) is 3.09. The van der Waals surface area contributed by atoms with Gasteiger partial charge in [-0.15, -0.1) is 0 Å². The summed E-state index contributed by atoms with van der Waals surface area (Å²) in [6, 6.07) is 12.5. The topological polar surface area (TPSA) is 106 Å². The molecule has 0 aromatic heterocycles.